The Morgan fingerprint density at radius 2 is 1.70 bits per heavy atom. The molecule has 0 aromatic heterocycles. The van der Waals surface area contributed by atoms with Crippen molar-refractivity contribution >= 4 is 12.1 Å². The summed E-state index contributed by atoms with van der Waals surface area (Å²) in [4.78, 5) is 0. The number of aromatic hydroxyl groups is 1. The van der Waals surface area contributed by atoms with E-state index in [-0.39, 0.29) is 12.1 Å². The zero-order valence-electron chi connectivity index (χ0n) is 5.62. The zero-order chi connectivity index (χ0) is 7.82. The Bertz CT molecular complexity index is 155. The number of benzene rings is 1. The second-order valence-corrected chi connectivity index (χ2v) is 1.80. The summed E-state index contributed by atoms with van der Waals surface area (Å²) in [5.74, 6) is 0.322. The quantitative estimate of drug-likeness (QED) is 0.629. The van der Waals surface area contributed by atoms with Gasteiger partial charge in [-0.2, -0.15) is 3.89 Å². The predicted octanol–water partition coefficient (Wildman–Crippen LogP) is 2.63. The van der Waals surface area contributed by atoms with Crippen LogP contribution in [0.15, 0.2) is 30.3 Å². The number of halogens is 1. The molecule has 1 N–H and O–H groups in total. The molecule has 1 nitrogen and oxygen atoms in total. The molecule has 0 saturated heterocycles. The molecule has 1 rings (SSSR count). The van der Waals surface area contributed by atoms with Gasteiger partial charge in [-0.25, -0.2) is 0 Å². The van der Waals surface area contributed by atoms with Crippen LogP contribution >= 0.6 is 12.1 Å². The van der Waals surface area contributed by atoms with E-state index in [1.807, 2.05) is 6.07 Å². The first-order valence-corrected chi connectivity index (χ1v) is 3.82. The molecule has 0 heterocycles. The van der Waals surface area contributed by atoms with Crippen molar-refractivity contribution in [3.63, 3.8) is 0 Å². The van der Waals surface area contributed by atoms with Crippen LogP contribution in [0.5, 0.6) is 5.75 Å². The Morgan fingerprint density at radius 1 is 1.30 bits per heavy atom. The molecule has 0 aliphatic heterocycles. The highest BCUT2D eigenvalue weighted by Crippen LogP contribution is 2.02. The van der Waals surface area contributed by atoms with Crippen LogP contribution in [0.2, 0.25) is 0 Å². The lowest BCUT2D eigenvalue weighted by Crippen LogP contribution is -1.56. The minimum Gasteiger partial charge on any atom is -0.508 e. The van der Waals surface area contributed by atoms with E-state index in [1.54, 1.807) is 24.3 Å². The third-order valence-electron chi connectivity index (χ3n) is 0.756. The zero-order valence-corrected chi connectivity index (χ0v) is 6.44. The summed E-state index contributed by atoms with van der Waals surface area (Å²) in [6, 6.07) is 8.71. The van der Waals surface area contributed by atoms with Crippen molar-refractivity contribution in [2.75, 3.05) is 6.26 Å². The second-order valence-electron chi connectivity index (χ2n) is 1.49. The highest BCUT2D eigenvalue weighted by Gasteiger charge is 1.74. The monoisotopic (exact) mass is 160 g/mol. The van der Waals surface area contributed by atoms with Gasteiger partial charge in [0.05, 0.1) is 0 Å². The van der Waals surface area contributed by atoms with Crippen LogP contribution in [0.25, 0.3) is 0 Å². The van der Waals surface area contributed by atoms with Crippen LogP contribution in [0.4, 0.5) is 3.89 Å². The fourth-order valence-electron chi connectivity index (χ4n) is 0.428. The molecule has 0 atom stereocenters. The van der Waals surface area contributed by atoms with E-state index in [0.29, 0.717) is 5.75 Å². The third kappa shape index (κ3) is 5.44. The molecule has 0 aliphatic rings. The molecular weight excluding hydrogens is 151 g/mol. The summed E-state index contributed by atoms with van der Waals surface area (Å²) in [6.45, 7) is 0. The van der Waals surface area contributed by atoms with Gasteiger partial charge in [0.15, 0.2) is 0 Å². The van der Waals surface area contributed by atoms with Crippen LogP contribution in [0.1, 0.15) is 0 Å². The lowest BCUT2D eigenvalue weighted by atomic mass is 10.3. The molecule has 0 aliphatic carbocycles. The first kappa shape index (κ1) is 9.30. The van der Waals surface area contributed by atoms with Gasteiger partial charge in [-0.15, -0.1) is 0 Å². The van der Waals surface area contributed by atoms with Gasteiger partial charge in [-0.1, -0.05) is 18.2 Å². The van der Waals surface area contributed by atoms with Gasteiger partial charge in [0.2, 0.25) is 0 Å². The molecule has 56 valence electrons. The standard InChI is InChI=1S/C6H6O.CH3FS/c7-6-4-2-1-3-5-6;1-3-2/h1-5,7H;1H3. The van der Waals surface area contributed by atoms with Gasteiger partial charge >= 0.3 is 0 Å². The van der Waals surface area contributed by atoms with Crippen LogP contribution in [-0.2, 0) is 0 Å². The van der Waals surface area contributed by atoms with Crippen LogP contribution in [0, 0.1) is 0 Å². The number of phenolic OH excluding ortho intramolecular Hbond substituents is 1. The van der Waals surface area contributed by atoms with Gasteiger partial charge in [-0.3, -0.25) is 0 Å². The molecule has 0 bridgehead atoms. The smallest absolute Gasteiger partial charge is 0.115 e. The van der Waals surface area contributed by atoms with Gasteiger partial charge in [0.1, 0.15) is 5.75 Å². The van der Waals surface area contributed by atoms with Crippen molar-refractivity contribution in [3.05, 3.63) is 30.3 Å². The molecule has 0 fully saturated rings. The van der Waals surface area contributed by atoms with Gasteiger partial charge < -0.3 is 5.11 Å². The van der Waals surface area contributed by atoms with Crippen molar-refractivity contribution in [3.8, 4) is 5.75 Å². The van der Waals surface area contributed by atoms with Gasteiger partial charge in [0, 0.05) is 18.4 Å². The maximum absolute atomic E-state index is 10.2. The number of phenols is 1. The molecule has 1 aromatic carbocycles. The number of para-hydroxylation sites is 1. The lowest BCUT2D eigenvalue weighted by Gasteiger charge is -1.82. The summed E-state index contributed by atoms with van der Waals surface area (Å²) in [7, 11) is 0. The Kier molecular flexibility index (Phi) is 5.97. The SMILES string of the molecule is CSF.Oc1ccccc1. The summed E-state index contributed by atoms with van der Waals surface area (Å²) < 4.78 is 10.2. The predicted molar refractivity (Wildman–Crippen MR) is 42.7 cm³/mol. The minimum atomic E-state index is 0.250. The molecule has 1 aromatic rings. The average molecular weight is 160 g/mol. The van der Waals surface area contributed by atoms with Crippen molar-refractivity contribution in [2.45, 2.75) is 0 Å². The number of hydrogen-bond acceptors (Lipinski definition) is 2. The lowest BCUT2D eigenvalue weighted by molar-refractivity contribution is 0.475. The maximum Gasteiger partial charge on any atom is 0.115 e. The fraction of sp³-hybridized carbons (Fsp3) is 0.143. The van der Waals surface area contributed by atoms with Gasteiger partial charge in [0.25, 0.3) is 0 Å². The molecule has 0 spiro atoms. The molecule has 0 saturated carbocycles. The highest BCUT2D eigenvalue weighted by atomic mass is 32.2. The van der Waals surface area contributed by atoms with E-state index < -0.39 is 0 Å². The maximum atomic E-state index is 10.2. The molecule has 0 unspecified atom stereocenters. The normalized spacial score (nSPS) is 7.80. The Balaban J connectivity index is 0.000000236. The van der Waals surface area contributed by atoms with E-state index in [1.165, 1.54) is 6.26 Å². The van der Waals surface area contributed by atoms with Crippen molar-refractivity contribution in [2.24, 2.45) is 0 Å². The Morgan fingerprint density at radius 3 is 1.90 bits per heavy atom. The molecule has 10 heavy (non-hydrogen) atoms. The first-order chi connectivity index (χ1) is 4.81. The summed E-state index contributed by atoms with van der Waals surface area (Å²) >= 11 is 0.250. The molecule has 0 radical (unpaired) electrons. The largest absolute Gasteiger partial charge is 0.508 e. The van der Waals surface area contributed by atoms with E-state index in [9.17, 15) is 3.89 Å². The first-order valence-electron chi connectivity index (χ1n) is 2.70. The summed E-state index contributed by atoms with van der Waals surface area (Å²) in [6.07, 6.45) is 1.38. The van der Waals surface area contributed by atoms with E-state index in [4.69, 9.17) is 5.11 Å². The van der Waals surface area contributed by atoms with E-state index >= 15 is 0 Å². The molecule has 0 amide bonds. The van der Waals surface area contributed by atoms with Crippen molar-refractivity contribution < 1.29 is 8.99 Å². The molecule has 3 heteroatoms. The highest BCUT2D eigenvalue weighted by molar-refractivity contribution is 7.93. The van der Waals surface area contributed by atoms with E-state index in [0.717, 1.165) is 0 Å². The van der Waals surface area contributed by atoms with Crippen LogP contribution < -0.4 is 0 Å². The Labute approximate surface area is 64.2 Å². The second kappa shape index (κ2) is 6.42. The van der Waals surface area contributed by atoms with Crippen molar-refractivity contribution in [1.29, 1.82) is 0 Å². The third-order valence-corrected chi connectivity index (χ3v) is 0.756. The summed E-state index contributed by atoms with van der Waals surface area (Å²) in [5, 5.41) is 8.63. The number of rotatable bonds is 0. The molecular formula is C7H9FOS. The Hall–Kier alpha value is -0.700. The minimum absolute atomic E-state index is 0.250. The van der Waals surface area contributed by atoms with Gasteiger partial charge in [-0.05, 0) is 12.1 Å². The number of hydrogen-bond donors (Lipinski definition) is 1. The topological polar surface area (TPSA) is 20.2 Å². The average Bonchev–Trinajstić information content (AvgIpc) is 1.91. The summed E-state index contributed by atoms with van der Waals surface area (Å²) in [5.41, 5.74) is 0. The van der Waals surface area contributed by atoms with Crippen LogP contribution in [-0.4, -0.2) is 11.4 Å². The van der Waals surface area contributed by atoms with E-state index in [2.05, 4.69) is 0 Å². The van der Waals surface area contributed by atoms with Crippen LogP contribution in [0.3, 0.4) is 0 Å². The fourth-order valence-corrected chi connectivity index (χ4v) is 0.428. The van der Waals surface area contributed by atoms with Crippen molar-refractivity contribution in [1.82, 2.24) is 0 Å².